The van der Waals surface area contributed by atoms with Crippen molar-refractivity contribution in [2.75, 3.05) is 13.6 Å². The van der Waals surface area contributed by atoms with Crippen LogP contribution in [0.3, 0.4) is 0 Å². The number of rotatable bonds is 4. The summed E-state index contributed by atoms with van der Waals surface area (Å²) in [5, 5.41) is 7.16. The summed E-state index contributed by atoms with van der Waals surface area (Å²) in [6.45, 7) is 0.912. The van der Waals surface area contributed by atoms with Gasteiger partial charge in [-0.05, 0) is 38.1 Å². The van der Waals surface area contributed by atoms with E-state index in [0.29, 0.717) is 5.92 Å². The van der Waals surface area contributed by atoms with E-state index in [9.17, 15) is 0 Å². The smallest absolute Gasteiger partial charge is 0.230 e. The molecule has 16 heavy (non-hydrogen) atoms. The minimum absolute atomic E-state index is 0.564. The quantitative estimate of drug-likeness (QED) is 0.841. The Balaban J connectivity index is 1.68. The van der Waals surface area contributed by atoms with Crippen molar-refractivity contribution in [2.24, 2.45) is 11.8 Å². The summed E-state index contributed by atoms with van der Waals surface area (Å²) in [5.74, 6) is 4.07. The molecule has 0 aromatic carbocycles. The highest BCUT2D eigenvalue weighted by molar-refractivity contribution is 5.05. The molecule has 1 heterocycles. The van der Waals surface area contributed by atoms with Crippen LogP contribution in [-0.2, 0) is 6.42 Å². The number of hydrogen-bond donors (Lipinski definition) is 1. The lowest BCUT2D eigenvalue weighted by Gasteiger charge is -2.16. The van der Waals surface area contributed by atoms with Crippen LogP contribution in [0.5, 0.6) is 0 Å². The van der Waals surface area contributed by atoms with E-state index in [1.54, 1.807) is 0 Å². The van der Waals surface area contributed by atoms with Crippen LogP contribution in [0.25, 0.3) is 0 Å². The van der Waals surface area contributed by atoms with Gasteiger partial charge in [-0.3, -0.25) is 0 Å². The molecule has 0 amide bonds. The largest absolute Gasteiger partial charge is 0.339 e. The maximum absolute atomic E-state index is 5.41. The van der Waals surface area contributed by atoms with Crippen molar-refractivity contribution in [2.45, 2.75) is 38.0 Å². The standard InChI is InChI=1S/C12H19N3O/c1-13-5-4-11-14-12(16-15-11)10-7-8-2-3-9(10)6-8/h8-10,13H,2-7H2,1H3. The van der Waals surface area contributed by atoms with Gasteiger partial charge in [0.1, 0.15) is 0 Å². The minimum Gasteiger partial charge on any atom is -0.339 e. The zero-order valence-electron chi connectivity index (χ0n) is 9.78. The molecule has 2 aliphatic carbocycles. The summed E-state index contributed by atoms with van der Waals surface area (Å²) in [7, 11) is 1.94. The Morgan fingerprint density at radius 3 is 3.00 bits per heavy atom. The minimum atomic E-state index is 0.564. The second-order valence-electron chi connectivity index (χ2n) is 5.18. The van der Waals surface area contributed by atoms with Crippen molar-refractivity contribution in [3.8, 4) is 0 Å². The summed E-state index contributed by atoms with van der Waals surface area (Å²) in [6.07, 6.45) is 6.31. The number of fused-ring (bicyclic) bond motifs is 2. The first kappa shape index (κ1) is 10.3. The number of nitrogens with one attached hydrogen (secondary N) is 1. The molecule has 3 unspecified atom stereocenters. The second-order valence-corrected chi connectivity index (χ2v) is 5.18. The van der Waals surface area contributed by atoms with E-state index in [-0.39, 0.29) is 0 Å². The van der Waals surface area contributed by atoms with Crippen molar-refractivity contribution in [1.82, 2.24) is 15.5 Å². The highest BCUT2D eigenvalue weighted by atomic mass is 16.5. The van der Waals surface area contributed by atoms with E-state index in [4.69, 9.17) is 4.52 Å². The molecule has 2 saturated carbocycles. The molecule has 2 bridgehead atoms. The molecule has 0 aliphatic heterocycles. The fourth-order valence-electron chi connectivity index (χ4n) is 3.30. The zero-order valence-corrected chi connectivity index (χ0v) is 9.78. The molecule has 1 N–H and O–H groups in total. The van der Waals surface area contributed by atoms with Gasteiger partial charge < -0.3 is 9.84 Å². The van der Waals surface area contributed by atoms with Gasteiger partial charge in [0, 0.05) is 18.9 Å². The van der Waals surface area contributed by atoms with Crippen LogP contribution < -0.4 is 5.32 Å². The molecule has 2 fully saturated rings. The number of hydrogen-bond acceptors (Lipinski definition) is 4. The van der Waals surface area contributed by atoms with Crippen LogP contribution in [0.15, 0.2) is 4.52 Å². The van der Waals surface area contributed by atoms with Gasteiger partial charge in [-0.1, -0.05) is 11.6 Å². The van der Waals surface area contributed by atoms with Gasteiger partial charge in [-0.2, -0.15) is 4.98 Å². The third-order valence-electron chi connectivity index (χ3n) is 4.14. The molecule has 0 spiro atoms. The van der Waals surface area contributed by atoms with Crippen LogP contribution in [0.1, 0.15) is 43.3 Å². The SMILES string of the molecule is CNCCc1noc(C2CC3CCC2C3)n1. The highest BCUT2D eigenvalue weighted by Gasteiger charge is 2.42. The van der Waals surface area contributed by atoms with Gasteiger partial charge in [-0.15, -0.1) is 0 Å². The number of nitrogens with zero attached hydrogens (tertiary/aromatic N) is 2. The first-order valence-electron chi connectivity index (χ1n) is 6.34. The van der Waals surface area contributed by atoms with E-state index < -0.39 is 0 Å². The second kappa shape index (κ2) is 4.17. The Labute approximate surface area is 95.8 Å². The lowest BCUT2D eigenvalue weighted by Crippen LogP contribution is -2.12. The van der Waals surface area contributed by atoms with Crippen molar-refractivity contribution >= 4 is 0 Å². The molecule has 0 saturated heterocycles. The van der Waals surface area contributed by atoms with E-state index >= 15 is 0 Å². The zero-order chi connectivity index (χ0) is 11.0. The summed E-state index contributed by atoms with van der Waals surface area (Å²) >= 11 is 0. The fraction of sp³-hybridized carbons (Fsp3) is 0.833. The van der Waals surface area contributed by atoms with Crippen LogP contribution in [-0.4, -0.2) is 23.7 Å². The van der Waals surface area contributed by atoms with Gasteiger partial charge >= 0.3 is 0 Å². The Morgan fingerprint density at radius 1 is 1.38 bits per heavy atom. The molecule has 3 rings (SSSR count). The van der Waals surface area contributed by atoms with E-state index in [1.807, 2.05) is 7.05 Å². The summed E-state index contributed by atoms with van der Waals surface area (Å²) < 4.78 is 5.41. The monoisotopic (exact) mass is 221 g/mol. The van der Waals surface area contributed by atoms with Crippen LogP contribution in [0, 0.1) is 11.8 Å². The summed E-state index contributed by atoms with van der Waals surface area (Å²) in [5.41, 5.74) is 0. The van der Waals surface area contributed by atoms with Crippen molar-refractivity contribution in [3.05, 3.63) is 11.7 Å². The number of aromatic nitrogens is 2. The normalized spacial score (nSPS) is 32.4. The van der Waals surface area contributed by atoms with Gasteiger partial charge in [0.2, 0.25) is 5.89 Å². The molecular formula is C12H19N3O. The lowest BCUT2D eigenvalue weighted by atomic mass is 9.89. The average Bonchev–Trinajstić information content (AvgIpc) is 3.01. The molecule has 88 valence electrons. The van der Waals surface area contributed by atoms with Crippen molar-refractivity contribution in [3.63, 3.8) is 0 Å². The molecule has 2 aliphatic rings. The van der Waals surface area contributed by atoms with Crippen LogP contribution in [0.4, 0.5) is 0 Å². The van der Waals surface area contributed by atoms with E-state index in [2.05, 4.69) is 15.5 Å². The Kier molecular flexibility index (Phi) is 2.67. The van der Waals surface area contributed by atoms with Crippen LogP contribution in [0.2, 0.25) is 0 Å². The Hall–Kier alpha value is -0.900. The van der Waals surface area contributed by atoms with Crippen molar-refractivity contribution in [1.29, 1.82) is 0 Å². The summed E-state index contributed by atoms with van der Waals surface area (Å²) in [4.78, 5) is 4.53. The number of likely N-dealkylation sites (N-methyl/N-ethyl adjacent to an activating group) is 1. The van der Waals surface area contributed by atoms with Gasteiger partial charge in [0.15, 0.2) is 5.82 Å². The molecule has 1 aromatic heterocycles. The predicted molar refractivity (Wildman–Crippen MR) is 60.1 cm³/mol. The third-order valence-corrected chi connectivity index (χ3v) is 4.14. The van der Waals surface area contributed by atoms with Gasteiger partial charge in [0.05, 0.1) is 0 Å². The third kappa shape index (κ3) is 1.75. The highest BCUT2D eigenvalue weighted by Crippen LogP contribution is 2.52. The maximum Gasteiger partial charge on any atom is 0.230 e. The first-order valence-corrected chi connectivity index (χ1v) is 6.34. The molecule has 4 nitrogen and oxygen atoms in total. The van der Waals surface area contributed by atoms with E-state index in [0.717, 1.165) is 36.5 Å². The van der Waals surface area contributed by atoms with Crippen molar-refractivity contribution < 1.29 is 4.52 Å². The average molecular weight is 221 g/mol. The Bertz CT molecular complexity index is 363. The topological polar surface area (TPSA) is 51.0 Å². The molecule has 0 radical (unpaired) electrons. The molecule has 4 heteroatoms. The fourth-order valence-corrected chi connectivity index (χ4v) is 3.30. The molecule has 1 aromatic rings. The Morgan fingerprint density at radius 2 is 2.31 bits per heavy atom. The lowest BCUT2D eigenvalue weighted by molar-refractivity contribution is 0.300. The predicted octanol–water partition coefficient (Wildman–Crippen LogP) is 1.74. The molecular weight excluding hydrogens is 202 g/mol. The maximum atomic E-state index is 5.41. The van der Waals surface area contributed by atoms with Gasteiger partial charge in [0.25, 0.3) is 0 Å². The summed E-state index contributed by atoms with van der Waals surface area (Å²) in [6, 6.07) is 0. The van der Waals surface area contributed by atoms with E-state index in [1.165, 1.54) is 25.7 Å². The van der Waals surface area contributed by atoms with Gasteiger partial charge in [-0.25, -0.2) is 0 Å². The van der Waals surface area contributed by atoms with Crippen LogP contribution >= 0.6 is 0 Å². The molecule has 3 atom stereocenters. The first-order chi connectivity index (χ1) is 7.86.